The summed E-state index contributed by atoms with van der Waals surface area (Å²) in [5.41, 5.74) is 1.34. The van der Waals surface area contributed by atoms with Crippen molar-refractivity contribution in [3.8, 4) is 0 Å². The van der Waals surface area contributed by atoms with E-state index in [0.29, 0.717) is 18.0 Å². The van der Waals surface area contributed by atoms with E-state index in [0.717, 1.165) is 43.2 Å². The Morgan fingerprint density at radius 1 is 1.14 bits per heavy atom. The topological polar surface area (TPSA) is 75.4 Å². The van der Waals surface area contributed by atoms with Crippen molar-refractivity contribution in [2.75, 3.05) is 24.5 Å². The summed E-state index contributed by atoms with van der Waals surface area (Å²) in [6.45, 7) is 8.86. The number of fused-ring (bicyclic) bond motifs is 1. The second-order valence-corrected chi connectivity index (χ2v) is 8.77. The van der Waals surface area contributed by atoms with Gasteiger partial charge < -0.3 is 10.2 Å². The Kier molecular flexibility index (Phi) is 5.22. The summed E-state index contributed by atoms with van der Waals surface area (Å²) in [4.78, 5) is 14.6. The molecular weight excluding hydrogens is 364 g/mol. The monoisotopic (exact) mass is 392 g/mol. The van der Waals surface area contributed by atoms with Crippen LogP contribution in [0.1, 0.15) is 49.8 Å². The van der Waals surface area contributed by atoms with Gasteiger partial charge >= 0.3 is 0 Å². The number of nitrogens with zero attached hydrogens (tertiary/aromatic N) is 5. The van der Waals surface area contributed by atoms with E-state index in [2.05, 4.69) is 41.2 Å². The van der Waals surface area contributed by atoms with Gasteiger partial charge in [-0.05, 0) is 43.0 Å². The van der Waals surface area contributed by atoms with E-state index < -0.39 is 0 Å². The molecule has 1 aromatic carbocycles. The Morgan fingerprint density at radius 3 is 2.69 bits per heavy atom. The maximum atomic E-state index is 12.3. The van der Waals surface area contributed by atoms with E-state index in [9.17, 15) is 4.79 Å². The summed E-state index contributed by atoms with van der Waals surface area (Å²) in [7, 11) is 0. The highest BCUT2D eigenvalue weighted by molar-refractivity contribution is 5.94. The number of nitrogens with one attached hydrogen (secondary N) is 1. The predicted octanol–water partition coefficient (Wildman–Crippen LogP) is 3.07. The van der Waals surface area contributed by atoms with Gasteiger partial charge in [0.2, 0.25) is 0 Å². The molecule has 1 saturated heterocycles. The minimum absolute atomic E-state index is 0.0124. The molecule has 3 aromatic rings. The van der Waals surface area contributed by atoms with Gasteiger partial charge in [0.05, 0.1) is 0 Å². The lowest BCUT2D eigenvalue weighted by Crippen LogP contribution is -2.41. The largest absolute Gasteiger partial charge is 0.355 e. The lowest BCUT2D eigenvalue weighted by molar-refractivity contribution is 0.0945. The summed E-state index contributed by atoms with van der Waals surface area (Å²) in [6, 6.07) is 13.4. The van der Waals surface area contributed by atoms with Gasteiger partial charge in [0.15, 0.2) is 11.5 Å². The number of carbonyl (C=O) groups excluding carboxylic acids is 1. The molecule has 0 bridgehead atoms. The van der Waals surface area contributed by atoms with Crippen LogP contribution in [0.25, 0.3) is 5.65 Å². The quantitative estimate of drug-likeness (QED) is 0.739. The van der Waals surface area contributed by atoms with E-state index in [4.69, 9.17) is 5.10 Å². The summed E-state index contributed by atoms with van der Waals surface area (Å²) in [5, 5.41) is 16.5. The van der Waals surface area contributed by atoms with Crippen LogP contribution in [0.2, 0.25) is 0 Å². The average Bonchev–Trinajstić information content (AvgIpc) is 3.16. The van der Waals surface area contributed by atoms with Crippen molar-refractivity contribution in [2.45, 2.75) is 39.0 Å². The summed E-state index contributed by atoms with van der Waals surface area (Å²) >= 11 is 0. The number of rotatable bonds is 4. The van der Waals surface area contributed by atoms with Gasteiger partial charge in [0.1, 0.15) is 5.82 Å². The van der Waals surface area contributed by atoms with Crippen molar-refractivity contribution >= 4 is 17.4 Å². The lowest BCUT2D eigenvalue weighted by atomic mass is 9.96. The van der Waals surface area contributed by atoms with Crippen LogP contribution in [0.3, 0.4) is 0 Å². The fraction of sp³-hybridized carbons (Fsp3) is 0.455. The minimum atomic E-state index is -0.128. The highest BCUT2D eigenvalue weighted by Crippen LogP contribution is 2.24. The molecule has 0 saturated carbocycles. The molecule has 1 atom stereocenters. The number of piperidine rings is 1. The van der Waals surface area contributed by atoms with Gasteiger partial charge in [0.25, 0.3) is 5.91 Å². The van der Waals surface area contributed by atoms with Crippen molar-refractivity contribution in [3.05, 3.63) is 53.9 Å². The molecule has 4 rings (SSSR count). The van der Waals surface area contributed by atoms with Gasteiger partial charge in [-0.3, -0.25) is 4.79 Å². The zero-order valence-electron chi connectivity index (χ0n) is 17.3. The molecule has 7 nitrogen and oxygen atoms in total. The zero-order chi connectivity index (χ0) is 20.4. The third kappa shape index (κ3) is 4.23. The molecule has 1 amide bonds. The Balaban J connectivity index is 1.45. The van der Waals surface area contributed by atoms with Crippen LogP contribution in [0.15, 0.2) is 42.5 Å². The average molecular weight is 393 g/mol. The maximum Gasteiger partial charge on any atom is 0.251 e. The fourth-order valence-electron chi connectivity index (χ4n) is 3.78. The van der Waals surface area contributed by atoms with Gasteiger partial charge in [0, 0.05) is 30.6 Å². The first-order valence-corrected chi connectivity index (χ1v) is 10.2. The van der Waals surface area contributed by atoms with Crippen LogP contribution in [0.4, 0.5) is 5.82 Å². The van der Waals surface area contributed by atoms with Crippen LogP contribution >= 0.6 is 0 Å². The molecule has 29 heavy (non-hydrogen) atoms. The number of aromatic nitrogens is 4. The molecule has 0 spiro atoms. The van der Waals surface area contributed by atoms with Crippen LogP contribution in [0.5, 0.6) is 0 Å². The molecule has 7 heteroatoms. The van der Waals surface area contributed by atoms with Gasteiger partial charge in [-0.1, -0.05) is 39.0 Å². The highest BCUT2D eigenvalue weighted by atomic mass is 16.1. The Labute approximate surface area is 171 Å². The van der Waals surface area contributed by atoms with Crippen molar-refractivity contribution in [1.82, 2.24) is 25.1 Å². The third-order valence-electron chi connectivity index (χ3n) is 5.35. The number of anilines is 1. The van der Waals surface area contributed by atoms with Gasteiger partial charge in [-0.25, -0.2) is 0 Å². The number of hydrogen-bond donors (Lipinski definition) is 1. The van der Waals surface area contributed by atoms with Crippen LogP contribution in [-0.2, 0) is 5.41 Å². The molecule has 1 N–H and O–H groups in total. The summed E-state index contributed by atoms with van der Waals surface area (Å²) in [5.74, 6) is 2.18. The number of amides is 1. The van der Waals surface area contributed by atoms with E-state index >= 15 is 0 Å². The number of benzene rings is 1. The van der Waals surface area contributed by atoms with Gasteiger partial charge in [-0.2, -0.15) is 4.52 Å². The third-order valence-corrected chi connectivity index (χ3v) is 5.35. The molecule has 2 aromatic heterocycles. The molecule has 1 fully saturated rings. The standard InChI is InChI=1S/C22H28N6O/c1-22(2,3)21-25-24-18-11-12-19(26-28(18)21)27-13-7-8-16(15-27)14-23-20(29)17-9-5-4-6-10-17/h4-6,9-12,16H,7-8,13-15H2,1-3H3,(H,23,29). The maximum absolute atomic E-state index is 12.3. The summed E-state index contributed by atoms with van der Waals surface area (Å²) in [6.07, 6.45) is 2.19. The lowest BCUT2D eigenvalue weighted by Gasteiger charge is -2.33. The van der Waals surface area contributed by atoms with Gasteiger partial charge in [-0.15, -0.1) is 15.3 Å². The Bertz CT molecular complexity index is 991. The number of carbonyl (C=O) groups is 1. The Hall–Kier alpha value is -2.96. The smallest absolute Gasteiger partial charge is 0.251 e. The predicted molar refractivity (Wildman–Crippen MR) is 113 cm³/mol. The van der Waals surface area contributed by atoms with Crippen molar-refractivity contribution < 1.29 is 4.79 Å². The van der Waals surface area contributed by atoms with Crippen LogP contribution in [0, 0.1) is 5.92 Å². The number of hydrogen-bond acceptors (Lipinski definition) is 5. The first kappa shape index (κ1) is 19.4. The second kappa shape index (κ2) is 7.81. The van der Waals surface area contributed by atoms with Crippen LogP contribution in [-0.4, -0.2) is 45.4 Å². The van der Waals surface area contributed by atoms with E-state index in [1.54, 1.807) is 0 Å². The Morgan fingerprint density at radius 2 is 1.93 bits per heavy atom. The molecule has 1 aliphatic rings. The summed E-state index contributed by atoms with van der Waals surface area (Å²) < 4.78 is 1.86. The molecular formula is C22H28N6O. The zero-order valence-corrected chi connectivity index (χ0v) is 17.3. The first-order valence-electron chi connectivity index (χ1n) is 10.2. The van der Waals surface area contributed by atoms with Crippen LogP contribution < -0.4 is 10.2 Å². The van der Waals surface area contributed by atoms with E-state index in [1.165, 1.54) is 0 Å². The minimum Gasteiger partial charge on any atom is -0.355 e. The highest BCUT2D eigenvalue weighted by Gasteiger charge is 2.25. The molecule has 0 aliphatic carbocycles. The van der Waals surface area contributed by atoms with Crippen molar-refractivity contribution in [1.29, 1.82) is 0 Å². The van der Waals surface area contributed by atoms with E-state index in [-0.39, 0.29) is 11.3 Å². The van der Waals surface area contributed by atoms with Crippen molar-refractivity contribution in [2.24, 2.45) is 5.92 Å². The molecule has 0 radical (unpaired) electrons. The SMILES string of the molecule is CC(C)(C)c1nnc2ccc(N3CCCC(CNC(=O)c4ccccc4)C3)nn12. The fourth-order valence-corrected chi connectivity index (χ4v) is 3.78. The first-order chi connectivity index (χ1) is 13.9. The molecule has 1 aliphatic heterocycles. The van der Waals surface area contributed by atoms with Crippen molar-refractivity contribution in [3.63, 3.8) is 0 Å². The normalized spacial score (nSPS) is 17.5. The van der Waals surface area contributed by atoms with E-state index in [1.807, 2.05) is 47.0 Å². The second-order valence-electron chi connectivity index (χ2n) is 8.77. The molecule has 1 unspecified atom stereocenters. The molecule has 152 valence electrons. The molecule has 3 heterocycles.